The van der Waals surface area contributed by atoms with Crippen LogP contribution in [0.4, 0.5) is 9.18 Å². The van der Waals surface area contributed by atoms with E-state index in [1.165, 1.54) is 25.3 Å². The average molecular weight is 484 g/mol. The van der Waals surface area contributed by atoms with Gasteiger partial charge in [-0.1, -0.05) is 54.1 Å². The Kier molecular flexibility index (Phi) is 7.01. The number of imide groups is 1. The van der Waals surface area contributed by atoms with E-state index in [4.69, 9.17) is 21.1 Å². The van der Waals surface area contributed by atoms with Crippen molar-refractivity contribution in [2.45, 2.75) is 13.2 Å². The number of carbonyl (C=O) groups excluding carboxylic acids is 2. The minimum atomic E-state index is -0.568. The Morgan fingerprint density at radius 3 is 2.55 bits per heavy atom. The molecule has 3 aromatic carbocycles. The number of carbonyl (C=O) groups is 2. The molecule has 1 saturated heterocycles. The minimum Gasteiger partial charge on any atom is -0.493 e. The van der Waals surface area contributed by atoms with E-state index < -0.39 is 17.0 Å². The van der Waals surface area contributed by atoms with Gasteiger partial charge in [0.05, 0.1) is 18.6 Å². The summed E-state index contributed by atoms with van der Waals surface area (Å²) in [6.07, 6.45) is 1.59. The van der Waals surface area contributed by atoms with Gasteiger partial charge in [-0.3, -0.25) is 14.5 Å². The molecular weight excluding hydrogens is 465 g/mol. The molecular formula is C25H19ClFNO4S. The van der Waals surface area contributed by atoms with Crippen LogP contribution in [0, 0.1) is 5.82 Å². The summed E-state index contributed by atoms with van der Waals surface area (Å²) in [5.74, 6) is -0.0214. The number of rotatable bonds is 7. The summed E-state index contributed by atoms with van der Waals surface area (Å²) in [4.78, 5) is 26.5. The topological polar surface area (TPSA) is 55.8 Å². The molecule has 4 rings (SSSR count). The lowest BCUT2D eigenvalue weighted by atomic mass is 10.1. The Hall–Kier alpha value is -3.29. The molecule has 0 aromatic heterocycles. The third-order valence-corrected chi connectivity index (χ3v) is 6.24. The summed E-state index contributed by atoms with van der Waals surface area (Å²) in [5, 5.41) is -0.325. The second-order valence-corrected chi connectivity index (χ2v) is 8.55. The van der Waals surface area contributed by atoms with Crippen LogP contribution >= 0.6 is 23.4 Å². The summed E-state index contributed by atoms with van der Waals surface area (Å²) in [6, 6.07) is 19.2. The van der Waals surface area contributed by atoms with E-state index >= 15 is 0 Å². The molecule has 0 bridgehead atoms. The number of ether oxygens (including phenoxy) is 2. The van der Waals surface area contributed by atoms with Crippen molar-refractivity contribution in [2.24, 2.45) is 0 Å². The van der Waals surface area contributed by atoms with Gasteiger partial charge in [0.15, 0.2) is 11.5 Å². The Morgan fingerprint density at radius 2 is 1.82 bits per heavy atom. The van der Waals surface area contributed by atoms with Crippen molar-refractivity contribution in [1.29, 1.82) is 0 Å². The Labute approximate surface area is 199 Å². The lowest BCUT2D eigenvalue weighted by Gasteiger charge is -2.14. The van der Waals surface area contributed by atoms with Crippen LogP contribution in [0.3, 0.4) is 0 Å². The highest BCUT2D eigenvalue weighted by atomic mass is 35.5. The van der Waals surface area contributed by atoms with Crippen molar-refractivity contribution in [2.75, 3.05) is 7.11 Å². The van der Waals surface area contributed by atoms with Crippen LogP contribution < -0.4 is 9.47 Å². The average Bonchev–Trinajstić information content (AvgIpc) is 3.08. The molecule has 8 heteroatoms. The van der Waals surface area contributed by atoms with Gasteiger partial charge in [0, 0.05) is 10.6 Å². The van der Waals surface area contributed by atoms with E-state index in [1.54, 1.807) is 24.3 Å². The van der Waals surface area contributed by atoms with E-state index in [-0.39, 0.29) is 22.0 Å². The molecule has 0 radical (unpaired) electrons. The van der Waals surface area contributed by atoms with Crippen LogP contribution in [-0.2, 0) is 17.9 Å². The summed E-state index contributed by atoms with van der Waals surface area (Å²) in [6.45, 7) is 0.150. The molecule has 33 heavy (non-hydrogen) atoms. The zero-order chi connectivity index (χ0) is 23.4. The van der Waals surface area contributed by atoms with Crippen molar-refractivity contribution < 1.29 is 23.5 Å². The van der Waals surface area contributed by atoms with Gasteiger partial charge in [-0.05, 0) is 53.2 Å². The molecule has 0 spiro atoms. The Balaban J connectivity index is 1.51. The molecule has 2 amide bonds. The molecule has 168 valence electrons. The fourth-order valence-electron chi connectivity index (χ4n) is 3.26. The monoisotopic (exact) mass is 483 g/mol. The van der Waals surface area contributed by atoms with Gasteiger partial charge in [-0.15, -0.1) is 0 Å². The number of halogens is 2. The molecule has 0 unspecified atom stereocenters. The van der Waals surface area contributed by atoms with E-state index in [1.807, 2.05) is 30.3 Å². The highest BCUT2D eigenvalue weighted by molar-refractivity contribution is 8.18. The van der Waals surface area contributed by atoms with Gasteiger partial charge >= 0.3 is 0 Å². The largest absolute Gasteiger partial charge is 0.493 e. The zero-order valence-electron chi connectivity index (χ0n) is 17.6. The fraction of sp³-hybridized carbons (Fsp3) is 0.120. The molecule has 0 aliphatic carbocycles. The van der Waals surface area contributed by atoms with Crippen LogP contribution in [0.5, 0.6) is 11.5 Å². The smallest absolute Gasteiger partial charge is 0.293 e. The molecule has 0 atom stereocenters. The molecule has 3 aromatic rings. The third kappa shape index (κ3) is 5.21. The van der Waals surface area contributed by atoms with Gasteiger partial charge in [-0.25, -0.2) is 4.39 Å². The molecule has 0 saturated carbocycles. The highest BCUT2D eigenvalue weighted by Gasteiger charge is 2.36. The minimum absolute atomic E-state index is 0.101. The number of benzene rings is 3. The first-order chi connectivity index (χ1) is 16.0. The summed E-state index contributed by atoms with van der Waals surface area (Å²) < 4.78 is 25.4. The maximum atomic E-state index is 14.1. The zero-order valence-corrected chi connectivity index (χ0v) is 19.2. The van der Waals surface area contributed by atoms with Gasteiger partial charge in [0.2, 0.25) is 0 Å². The van der Waals surface area contributed by atoms with Crippen molar-refractivity contribution in [1.82, 2.24) is 4.90 Å². The Bertz CT molecular complexity index is 1210. The highest BCUT2D eigenvalue weighted by Crippen LogP contribution is 2.36. The third-order valence-electron chi connectivity index (χ3n) is 4.97. The second-order valence-electron chi connectivity index (χ2n) is 7.15. The maximum absolute atomic E-state index is 14.1. The van der Waals surface area contributed by atoms with Gasteiger partial charge in [-0.2, -0.15) is 0 Å². The van der Waals surface area contributed by atoms with Crippen molar-refractivity contribution in [3.8, 4) is 11.5 Å². The number of nitrogens with zero attached hydrogens (tertiary/aromatic N) is 1. The van der Waals surface area contributed by atoms with E-state index in [0.29, 0.717) is 23.7 Å². The SMILES string of the molecule is COc1cc(/C=C2\SC(=O)N(Cc3c(F)cccc3Cl)C2=O)ccc1OCc1ccccc1. The predicted molar refractivity (Wildman–Crippen MR) is 127 cm³/mol. The number of thioether (sulfide) groups is 1. The lowest BCUT2D eigenvalue weighted by Crippen LogP contribution is -2.28. The maximum Gasteiger partial charge on any atom is 0.293 e. The molecule has 1 heterocycles. The number of hydrogen-bond donors (Lipinski definition) is 0. The number of hydrogen-bond acceptors (Lipinski definition) is 5. The molecule has 1 fully saturated rings. The molecule has 1 aliphatic heterocycles. The molecule has 5 nitrogen and oxygen atoms in total. The van der Waals surface area contributed by atoms with Gasteiger partial charge in [0.1, 0.15) is 12.4 Å². The van der Waals surface area contributed by atoms with Gasteiger partial charge in [0.25, 0.3) is 11.1 Å². The van der Waals surface area contributed by atoms with E-state index in [0.717, 1.165) is 22.2 Å². The standard InChI is InChI=1S/C25H19ClFNO4S/c1-31-22-12-17(10-11-21(22)32-15-16-6-3-2-4-7-16)13-23-24(29)28(25(30)33-23)14-18-19(26)8-5-9-20(18)27/h2-13H,14-15H2,1H3/b23-13-. The van der Waals surface area contributed by atoms with Crippen LogP contribution in [0.25, 0.3) is 6.08 Å². The normalized spacial score (nSPS) is 14.8. The first-order valence-electron chi connectivity index (χ1n) is 9.99. The predicted octanol–water partition coefficient (Wildman–Crippen LogP) is 6.30. The lowest BCUT2D eigenvalue weighted by molar-refractivity contribution is -0.123. The summed E-state index contributed by atoms with van der Waals surface area (Å²) in [7, 11) is 1.53. The summed E-state index contributed by atoms with van der Waals surface area (Å²) >= 11 is 6.84. The number of amides is 2. The van der Waals surface area contributed by atoms with Crippen molar-refractivity contribution >= 4 is 40.6 Å². The fourth-order valence-corrected chi connectivity index (χ4v) is 4.32. The van der Waals surface area contributed by atoms with Crippen LogP contribution in [-0.4, -0.2) is 23.2 Å². The van der Waals surface area contributed by atoms with E-state index in [9.17, 15) is 14.0 Å². The van der Waals surface area contributed by atoms with Gasteiger partial charge < -0.3 is 9.47 Å². The van der Waals surface area contributed by atoms with Crippen LogP contribution in [0.1, 0.15) is 16.7 Å². The second kappa shape index (κ2) is 10.1. The quantitative estimate of drug-likeness (QED) is 0.369. The van der Waals surface area contributed by atoms with Crippen molar-refractivity contribution in [3.63, 3.8) is 0 Å². The Morgan fingerprint density at radius 1 is 1.03 bits per heavy atom. The molecule has 1 aliphatic rings. The van der Waals surface area contributed by atoms with Crippen LogP contribution in [0.15, 0.2) is 71.6 Å². The van der Waals surface area contributed by atoms with Crippen LogP contribution in [0.2, 0.25) is 5.02 Å². The van der Waals surface area contributed by atoms with E-state index in [2.05, 4.69) is 0 Å². The molecule has 0 N–H and O–H groups in total. The van der Waals surface area contributed by atoms with Crippen molar-refractivity contribution in [3.05, 3.63) is 99.2 Å². The summed E-state index contributed by atoms with van der Waals surface area (Å²) in [5.41, 5.74) is 1.78. The first-order valence-corrected chi connectivity index (χ1v) is 11.2. The number of methoxy groups -OCH3 is 1. The first kappa shape index (κ1) is 22.9.